The van der Waals surface area contributed by atoms with E-state index < -0.39 is 0 Å². The number of benzene rings is 2. The summed E-state index contributed by atoms with van der Waals surface area (Å²) < 4.78 is 0. The standard InChI is InChI=1S/C20H22N4O/c1-23(2)17-11-9-15(10-12-17)14-24(3)20(25)19-13-18(21-22-19)16-7-5-4-6-8-16/h4-13H,14H2,1-3H3,(H,21,22). The fourth-order valence-corrected chi connectivity index (χ4v) is 2.64. The van der Waals surface area contributed by atoms with Crippen molar-refractivity contribution in [2.24, 2.45) is 0 Å². The lowest BCUT2D eigenvalue weighted by molar-refractivity contribution is 0.0779. The zero-order chi connectivity index (χ0) is 17.8. The van der Waals surface area contributed by atoms with Gasteiger partial charge in [-0.2, -0.15) is 5.10 Å². The molecule has 5 nitrogen and oxygen atoms in total. The van der Waals surface area contributed by atoms with Gasteiger partial charge in [0, 0.05) is 38.9 Å². The Balaban J connectivity index is 1.69. The Morgan fingerprint density at radius 2 is 1.68 bits per heavy atom. The Hall–Kier alpha value is -3.08. The van der Waals surface area contributed by atoms with E-state index in [1.807, 2.05) is 61.5 Å². The minimum absolute atomic E-state index is 0.0774. The maximum atomic E-state index is 12.6. The number of hydrogen-bond acceptors (Lipinski definition) is 3. The molecule has 0 saturated heterocycles. The fraction of sp³-hybridized carbons (Fsp3) is 0.200. The van der Waals surface area contributed by atoms with Crippen molar-refractivity contribution in [2.75, 3.05) is 26.0 Å². The molecular weight excluding hydrogens is 312 g/mol. The number of amides is 1. The molecular formula is C20H22N4O. The van der Waals surface area contributed by atoms with Gasteiger partial charge in [0.2, 0.25) is 0 Å². The molecule has 5 heteroatoms. The van der Waals surface area contributed by atoms with Crippen LogP contribution >= 0.6 is 0 Å². The minimum Gasteiger partial charge on any atom is -0.378 e. The molecule has 2 aromatic carbocycles. The van der Waals surface area contributed by atoms with Crippen LogP contribution < -0.4 is 4.90 Å². The highest BCUT2D eigenvalue weighted by Crippen LogP contribution is 2.18. The van der Waals surface area contributed by atoms with E-state index in [2.05, 4.69) is 22.3 Å². The monoisotopic (exact) mass is 334 g/mol. The first-order chi connectivity index (χ1) is 12.0. The average Bonchev–Trinajstić information content (AvgIpc) is 3.12. The van der Waals surface area contributed by atoms with Crippen LogP contribution in [0.25, 0.3) is 11.3 Å². The number of anilines is 1. The summed E-state index contributed by atoms with van der Waals surface area (Å²) in [7, 11) is 5.81. The molecule has 3 rings (SSSR count). The summed E-state index contributed by atoms with van der Waals surface area (Å²) in [5, 5.41) is 7.10. The molecule has 0 atom stereocenters. The van der Waals surface area contributed by atoms with Crippen LogP contribution in [0.3, 0.4) is 0 Å². The van der Waals surface area contributed by atoms with Crippen LogP contribution in [-0.4, -0.2) is 42.1 Å². The van der Waals surface area contributed by atoms with Gasteiger partial charge in [0.05, 0.1) is 5.69 Å². The quantitative estimate of drug-likeness (QED) is 0.778. The van der Waals surface area contributed by atoms with Crippen molar-refractivity contribution in [1.82, 2.24) is 15.1 Å². The van der Waals surface area contributed by atoms with Crippen molar-refractivity contribution in [3.05, 3.63) is 71.9 Å². The summed E-state index contributed by atoms with van der Waals surface area (Å²) >= 11 is 0. The number of nitrogens with one attached hydrogen (secondary N) is 1. The molecule has 0 bridgehead atoms. The van der Waals surface area contributed by atoms with Crippen LogP contribution in [0.2, 0.25) is 0 Å². The van der Waals surface area contributed by atoms with Gasteiger partial charge in [0.15, 0.2) is 0 Å². The van der Waals surface area contributed by atoms with Crippen molar-refractivity contribution in [3.8, 4) is 11.3 Å². The Bertz CT molecular complexity index is 838. The molecule has 0 aliphatic heterocycles. The topological polar surface area (TPSA) is 52.2 Å². The summed E-state index contributed by atoms with van der Waals surface area (Å²) in [5.41, 5.74) is 4.47. The number of H-pyrrole nitrogens is 1. The van der Waals surface area contributed by atoms with Crippen LogP contribution in [0.15, 0.2) is 60.7 Å². The summed E-state index contributed by atoms with van der Waals surface area (Å²) in [4.78, 5) is 16.4. The molecule has 0 fully saturated rings. The second-order valence-corrected chi connectivity index (χ2v) is 6.25. The van der Waals surface area contributed by atoms with E-state index in [0.717, 1.165) is 22.5 Å². The van der Waals surface area contributed by atoms with E-state index in [9.17, 15) is 4.79 Å². The lowest BCUT2D eigenvalue weighted by Gasteiger charge is -2.17. The smallest absolute Gasteiger partial charge is 0.271 e. The second kappa shape index (κ2) is 7.21. The van der Waals surface area contributed by atoms with E-state index in [0.29, 0.717) is 12.2 Å². The van der Waals surface area contributed by atoms with Crippen molar-refractivity contribution in [3.63, 3.8) is 0 Å². The number of aromatic nitrogens is 2. The second-order valence-electron chi connectivity index (χ2n) is 6.25. The summed E-state index contributed by atoms with van der Waals surface area (Å²) in [6, 6.07) is 19.8. The number of carbonyl (C=O) groups is 1. The maximum Gasteiger partial charge on any atom is 0.271 e. The van der Waals surface area contributed by atoms with E-state index in [4.69, 9.17) is 0 Å². The van der Waals surface area contributed by atoms with Gasteiger partial charge in [-0.1, -0.05) is 42.5 Å². The minimum atomic E-state index is -0.0774. The molecule has 0 saturated carbocycles. The zero-order valence-electron chi connectivity index (χ0n) is 14.7. The van der Waals surface area contributed by atoms with Gasteiger partial charge < -0.3 is 9.80 Å². The summed E-state index contributed by atoms with van der Waals surface area (Å²) in [6.45, 7) is 0.548. The van der Waals surface area contributed by atoms with Gasteiger partial charge in [-0.3, -0.25) is 9.89 Å². The van der Waals surface area contributed by atoms with Crippen molar-refractivity contribution < 1.29 is 4.79 Å². The first-order valence-electron chi connectivity index (χ1n) is 8.17. The molecule has 1 N–H and O–H groups in total. The van der Waals surface area contributed by atoms with Crippen LogP contribution in [0, 0.1) is 0 Å². The van der Waals surface area contributed by atoms with Crippen LogP contribution in [-0.2, 0) is 6.54 Å². The molecule has 0 spiro atoms. The average molecular weight is 334 g/mol. The van der Waals surface area contributed by atoms with E-state index in [-0.39, 0.29) is 5.91 Å². The van der Waals surface area contributed by atoms with Gasteiger partial charge in [-0.25, -0.2) is 0 Å². The van der Waals surface area contributed by atoms with Gasteiger partial charge in [0.1, 0.15) is 5.69 Å². The van der Waals surface area contributed by atoms with Crippen molar-refractivity contribution in [2.45, 2.75) is 6.54 Å². The third-order valence-electron chi connectivity index (χ3n) is 4.10. The maximum absolute atomic E-state index is 12.6. The number of nitrogens with zero attached hydrogens (tertiary/aromatic N) is 3. The molecule has 0 aliphatic carbocycles. The number of hydrogen-bond donors (Lipinski definition) is 1. The van der Waals surface area contributed by atoms with Crippen LogP contribution in [0.5, 0.6) is 0 Å². The van der Waals surface area contributed by atoms with Crippen molar-refractivity contribution >= 4 is 11.6 Å². The number of carbonyl (C=O) groups excluding carboxylic acids is 1. The molecule has 3 aromatic rings. The molecule has 0 radical (unpaired) electrons. The highest BCUT2D eigenvalue weighted by molar-refractivity contribution is 5.93. The first-order valence-corrected chi connectivity index (χ1v) is 8.17. The fourth-order valence-electron chi connectivity index (χ4n) is 2.64. The van der Waals surface area contributed by atoms with Gasteiger partial charge in [-0.05, 0) is 23.8 Å². The third kappa shape index (κ3) is 3.88. The largest absolute Gasteiger partial charge is 0.378 e. The lowest BCUT2D eigenvalue weighted by atomic mass is 10.1. The Kier molecular flexibility index (Phi) is 4.84. The third-order valence-corrected chi connectivity index (χ3v) is 4.10. The van der Waals surface area contributed by atoms with E-state index >= 15 is 0 Å². The van der Waals surface area contributed by atoms with E-state index in [1.54, 1.807) is 18.0 Å². The molecule has 25 heavy (non-hydrogen) atoms. The predicted molar refractivity (Wildman–Crippen MR) is 101 cm³/mol. The Morgan fingerprint density at radius 1 is 1.00 bits per heavy atom. The van der Waals surface area contributed by atoms with Crippen molar-refractivity contribution in [1.29, 1.82) is 0 Å². The van der Waals surface area contributed by atoms with Crippen LogP contribution in [0.4, 0.5) is 5.69 Å². The lowest BCUT2D eigenvalue weighted by Crippen LogP contribution is -2.26. The van der Waals surface area contributed by atoms with Crippen LogP contribution in [0.1, 0.15) is 16.1 Å². The molecule has 1 aromatic heterocycles. The number of aromatic amines is 1. The normalized spacial score (nSPS) is 10.5. The van der Waals surface area contributed by atoms with E-state index in [1.165, 1.54) is 0 Å². The highest BCUT2D eigenvalue weighted by atomic mass is 16.2. The van der Waals surface area contributed by atoms with Gasteiger partial charge >= 0.3 is 0 Å². The van der Waals surface area contributed by atoms with Gasteiger partial charge in [0.25, 0.3) is 5.91 Å². The highest BCUT2D eigenvalue weighted by Gasteiger charge is 2.15. The summed E-state index contributed by atoms with van der Waals surface area (Å²) in [6.07, 6.45) is 0. The Labute approximate surface area is 147 Å². The SMILES string of the molecule is CN(Cc1ccc(N(C)C)cc1)C(=O)c1cc(-c2ccccc2)n[nH]1. The van der Waals surface area contributed by atoms with Gasteiger partial charge in [-0.15, -0.1) is 0 Å². The predicted octanol–water partition coefficient (Wildman–Crippen LogP) is 3.41. The molecule has 128 valence electrons. The summed E-state index contributed by atoms with van der Waals surface area (Å²) in [5.74, 6) is -0.0774. The molecule has 1 heterocycles. The number of rotatable bonds is 5. The zero-order valence-corrected chi connectivity index (χ0v) is 14.7. The first kappa shape index (κ1) is 16.8. The Morgan fingerprint density at radius 3 is 2.32 bits per heavy atom. The molecule has 0 unspecified atom stereocenters. The molecule has 1 amide bonds. The molecule has 0 aliphatic rings.